The van der Waals surface area contributed by atoms with Crippen molar-refractivity contribution in [1.29, 1.82) is 0 Å². The number of para-hydroxylation sites is 2. The van der Waals surface area contributed by atoms with Crippen molar-refractivity contribution in [3.8, 4) is 5.75 Å². The lowest BCUT2D eigenvalue weighted by Gasteiger charge is -2.22. The van der Waals surface area contributed by atoms with E-state index in [0.717, 1.165) is 16.1 Å². The predicted molar refractivity (Wildman–Crippen MR) is 88.0 cm³/mol. The van der Waals surface area contributed by atoms with Crippen LogP contribution in [0.25, 0.3) is 0 Å². The number of phenolic OH excluding ortho intramolecular Hbond substituents is 1. The fourth-order valence-electron chi connectivity index (χ4n) is 2.14. The molecule has 2 aromatic carbocycles. The van der Waals surface area contributed by atoms with Crippen molar-refractivity contribution >= 4 is 23.4 Å². The lowest BCUT2D eigenvalue weighted by atomic mass is 10.2. The summed E-state index contributed by atoms with van der Waals surface area (Å²) in [5.41, 5.74) is 2.03. The Labute approximate surface area is 129 Å². The highest BCUT2D eigenvalue weighted by Gasteiger charge is 2.16. The number of hydrogen-bond acceptors (Lipinski definition) is 3. The molecule has 4 heteroatoms. The van der Waals surface area contributed by atoms with Crippen LogP contribution in [0.15, 0.2) is 53.4 Å². The molecule has 0 saturated carbocycles. The van der Waals surface area contributed by atoms with Crippen LogP contribution >= 0.6 is 11.8 Å². The van der Waals surface area contributed by atoms with Crippen molar-refractivity contribution in [2.75, 3.05) is 17.2 Å². The van der Waals surface area contributed by atoms with Gasteiger partial charge in [0, 0.05) is 17.1 Å². The summed E-state index contributed by atoms with van der Waals surface area (Å²) in [5, 5.41) is 9.73. The summed E-state index contributed by atoms with van der Waals surface area (Å²) in [5.74, 6) is 0.564. The van der Waals surface area contributed by atoms with Crippen LogP contribution in [0.2, 0.25) is 0 Å². The van der Waals surface area contributed by atoms with Gasteiger partial charge in [-0.1, -0.05) is 30.3 Å². The fourth-order valence-corrected chi connectivity index (χ4v) is 2.97. The minimum atomic E-state index is 0.0417. The van der Waals surface area contributed by atoms with Gasteiger partial charge in [-0.3, -0.25) is 4.79 Å². The van der Waals surface area contributed by atoms with Crippen LogP contribution in [0, 0.1) is 6.92 Å². The van der Waals surface area contributed by atoms with Gasteiger partial charge in [0.1, 0.15) is 5.75 Å². The van der Waals surface area contributed by atoms with Gasteiger partial charge in [-0.05, 0) is 37.6 Å². The smallest absolute Gasteiger partial charge is 0.237 e. The molecule has 2 rings (SSSR count). The molecule has 2 aromatic rings. The largest absolute Gasteiger partial charge is 0.507 e. The summed E-state index contributed by atoms with van der Waals surface area (Å²) in [4.78, 5) is 14.9. The molecule has 1 N–H and O–H groups in total. The zero-order valence-corrected chi connectivity index (χ0v) is 13.1. The molecule has 0 bridgehead atoms. The van der Waals surface area contributed by atoms with E-state index < -0.39 is 0 Å². The molecule has 0 unspecified atom stereocenters. The van der Waals surface area contributed by atoms with Gasteiger partial charge in [-0.2, -0.15) is 0 Å². The predicted octanol–water partition coefficient (Wildman–Crippen LogP) is 3.85. The van der Waals surface area contributed by atoms with Gasteiger partial charge in [0.25, 0.3) is 0 Å². The molecule has 0 aliphatic rings. The minimum absolute atomic E-state index is 0.0417. The number of amides is 1. The number of carbonyl (C=O) groups excluding carboxylic acids is 1. The molecule has 0 aliphatic carbocycles. The number of benzene rings is 2. The molecule has 1 amide bonds. The average Bonchev–Trinajstić information content (AvgIpc) is 2.49. The average molecular weight is 301 g/mol. The second-order valence-corrected chi connectivity index (χ2v) is 5.70. The van der Waals surface area contributed by atoms with Crippen molar-refractivity contribution in [3.05, 3.63) is 54.1 Å². The maximum absolute atomic E-state index is 12.4. The lowest BCUT2D eigenvalue weighted by Crippen LogP contribution is -2.32. The van der Waals surface area contributed by atoms with Gasteiger partial charge < -0.3 is 10.0 Å². The molecule has 3 nitrogen and oxygen atoms in total. The van der Waals surface area contributed by atoms with E-state index in [2.05, 4.69) is 0 Å². The van der Waals surface area contributed by atoms with Gasteiger partial charge in [-0.25, -0.2) is 0 Å². The molecule has 0 aromatic heterocycles. The second-order valence-electron chi connectivity index (χ2n) is 4.68. The van der Waals surface area contributed by atoms with Crippen molar-refractivity contribution in [2.24, 2.45) is 0 Å². The third-order valence-corrected chi connectivity index (χ3v) is 4.29. The van der Waals surface area contributed by atoms with Gasteiger partial charge in [0.2, 0.25) is 5.91 Å². The molecule has 0 aliphatic heterocycles. The maximum Gasteiger partial charge on any atom is 0.237 e. The second kappa shape index (κ2) is 7.18. The molecule has 110 valence electrons. The van der Waals surface area contributed by atoms with Gasteiger partial charge in [-0.15, -0.1) is 11.8 Å². The number of hydrogen-bond donors (Lipinski definition) is 1. The molecule has 0 fully saturated rings. The van der Waals surface area contributed by atoms with E-state index in [1.165, 1.54) is 11.8 Å². The third-order valence-electron chi connectivity index (χ3n) is 3.24. The first kappa shape index (κ1) is 15.4. The summed E-state index contributed by atoms with van der Waals surface area (Å²) in [6.07, 6.45) is 0. The van der Waals surface area contributed by atoms with Crippen molar-refractivity contribution in [2.45, 2.75) is 18.7 Å². The first-order valence-electron chi connectivity index (χ1n) is 6.90. The summed E-state index contributed by atoms with van der Waals surface area (Å²) in [6.45, 7) is 4.60. The Kier molecular flexibility index (Phi) is 5.28. The molecule has 0 atom stereocenters. The van der Waals surface area contributed by atoms with Crippen molar-refractivity contribution in [3.63, 3.8) is 0 Å². The molecule has 0 saturated heterocycles. The first-order chi connectivity index (χ1) is 10.1. The van der Waals surface area contributed by atoms with Crippen LogP contribution in [0.1, 0.15) is 12.5 Å². The number of phenols is 1. The lowest BCUT2D eigenvalue weighted by molar-refractivity contribution is -0.116. The number of carbonyl (C=O) groups is 1. The van der Waals surface area contributed by atoms with E-state index in [9.17, 15) is 9.90 Å². The standard InChI is InChI=1S/C17H19NO2S/c1-3-18(14-9-5-4-8-13(14)2)17(20)12-21-16-11-7-6-10-15(16)19/h4-11,19H,3,12H2,1-2H3. The number of rotatable bonds is 5. The molecular weight excluding hydrogens is 282 g/mol. The quantitative estimate of drug-likeness (QED) is 0.853. The van der Waals surface area contributed by atoms with E-state index in [-0.39, 0.29) is 11.7 Å². The Morgan fingerprint density at radius 1 is 1.14 bits per heavy atom. The Morgan fingerprint density at radius 3 is 2.48 bits per heavy atom. The Hall–Kier alpha value is -1.94. The monoisotopic (exact) mass is 301 g/mol. The number of thioether (sulfide) groups is 1. The zero-order valence-electron chi connectivity index (χ0n) is 12.2. The van der Waals surface area contributed by atoms with Gasteiger partial charge in [0.05, 0.1) is 5.75 Å². The van der Waals surface area contributed by atoms with Gasteiger partial charge >= 0.3 is 0 Å². The van der Waals surface area contributed by atoms with Crippen LogP contribution in [0.4, 0.5) is 5.69 Å². The summed E-state index contributed by atoms with van der Waals surface area (Å²) in [7, 11) is 0. The molecular formula is C17H19NO2S. The van der Waals surface area contributed by atoms with Crippen LogP contribution in [-0.2, 0) is 4.79 Å². The van der Waals surface area contributed by atoms with E-state index in [1.54, 1.807) is 17.0 Å². The molecule has 21 heavy (non-hydrogen) atoms. The van der Waals surface area contributed by atoms with Crippen molar-refractivity contribution in [1.82, 2.24) is 0 Å². The van der Waals surface area contributed by atoms with Crippen LogP contribution in [0.3, 0.4) is 0 Å². The van der Waals surface area contributed by atoms with Gasteiger partial charge in [0.15, 0.2) is 0 Å². The highest BCUT2D eigenvalue weighted by Crippen LogP contribution is 2.28. The summed E-state index contributed by atoms with van der Waals surface area (Å²) >= 11 is 1.36. The molecule has 0 spiro atoms. The first-order valence-corrected chi connectivity index (χ1v) is 7.88. The van der Waals surface area contributed by atoms with Crippen LogP contribution in [0.5, 0.6) is 5.75 Å². The van der Waals surface area contributed by atoms with E-state index in [1.807, 2.05) is 50.2 Å². The number of anilines is 1. The highest BCUT2D eigenvalue weighted by atomic mass is 32.2. The minimum Gasteiger partial charge on any atom is -0.507 e. The number of aromatic hydroxyl groups is 1. The topological polar surface area (TPSA) is 40.5 Å². The Bertz CT molecular complexity index is 628. The number of nitrogens with zero attached hydrogens (tertiary/aromatic N) is 1. The van der Waals surface area contributed by atoms with Crippen molar-refractivity contribution < 1.29 is 9.90 Å². The van der Waals surface area contributed by atoms with E-state index >= 15 is 0 Å². The molecule has 0 heterocycles. The highest BCUT2D eigenvalue weighted by molar-refractivity contribution is 8.00. The van der Waals surface area contributed by atoms with E-state index in [0.29, 0.717) is 12.3 Å². The maximum atomic E-state index is 12.4. The SMILES string of the molecule is CCN(C(=O)CSc1ccccc1O)c1ccccc1C. The fraction of sp³-hybridized carbons (Fsp3) is 0.235. The Balaban J connectivity index is 2.08. The third kappa shape index (κ3) is 3.79. The Morgan fingerprint density at radius 2 is 1.81 bits per heavy atom. The normalized spacial score (nSPS) is 10.4. The van der Waals surface area contributed by atoms with Crippen LogP contribution in [-0.4, -0.2) is 23.3 Å². The van der Waals surface area contributed by atoms with Crippen LogP contribution < -0.4 is 4.90 Å². The molecule has 0 radical (unpaired) electrons. The summed E-state index contributed by atoms with van der Waals surface area (Å²) < 4.78 is 0. The summed E-state index contributed by atoms with van der Waals surface area (Å²) in [6, 6.07) is 14.9. The zero-order chi connectivity index (χ0) is 15.2. The van der Waals surface area contributed by atoms with E-state index in [4.69, 9.17) is 0 Å². The number of aryl methyl sites for hydroxylation is 1.